The number of alkyl halides is 2. The van der Waals surface area contributed by atoms with Crippen molar-refractivity contribution in [2.75, 3.05) is 0 Å². The van der Waals surface area contributed by atoms with Gasteiger partial charge in [0, 0.05) is 10.8 Å². The van der Waals surface area contributed by atoms with E-state index in [1.165, 1.54) is 46.2 Å². The molecule has 0 aliphatic heterocycles. The van der Waals surface area contributed by atoms with E-state index in [4.69, 9.17) is 23.2 Å². The molecule has 0 aromatic heterocycles. The molecule has 0 spiro atoms. The Kier molecular flexibility index (Phi) is 6.47. The van der Waals surface area contributed by atoms with Crippen molar-refractivity contribution < 1.29 is 0 Å². The van der Waals surface area contributed by atoms with Gasteiger partial charge in [0.2, 0.25) is 0 Å². The summed E-state index contributed by atoms with van der Waals surface area (Å²) in [4.78, 5) is 0. The van der Waals surface area contributed by atoms with Crippen molar-refractivity contribution in [1.82, 2.24) is 0 Å². The van der Waals surface area contributed by atoms with Gasteiger partial charge in [-0.3, -0.25) is 0 Å². The number of aryl methyl sites for hydroxylation is 2. The van der Waals surface area contributed by atoms with Crippen LogP contribution in [0.3, 0.4) is 0 Å². The van der Waals surface area contributed by atoms with Gasteiger partial charge < -0.3 is 0 Å². The van der Waals surface area contributed by atoms with Gasteiger partial charge in [-0.1, -0.05) is 36.4 Å². The fourth-order valence-corrected chi connectivity index (χ4v) is 4.11. The first-order valence-electron chi connectivity index (χ1n) is 9.55. The zero-order chi connectivity index (χ0) is 17.8. The largest absolute Gasteiger partial charge is 0.123 e. The van der Waals surface area contributed by atoms with Gasteiger partial charge in [0.15, 0.2) is 0 Å². The van der Waals surface area contributed by atoms with Crippen molar-refractivity contribution in [1.29, 1.82) is 0 Å². The summed E-state index contributed by atoms with van der Waals surface area (Å²) < 4.78 is 0. The van der Waals surface area contributed by atoms with E-state index in [-0.39, 0.29) is 10.8 Å². The molecular formula is C23H28Cl2. The second kappa shape index (κ2) is 8.60. The summed E-state index contributed by atoms with van der Waals surface area (Å²) in [5, 5.41) is 0.554. The van der Waals surface area contributed by atoms with E-state index in [0.29, 0.717) is 0 Å². The molecule has 0 amide bonds. The summed E-state index contributed by atoms with van der Waals surface area (Å²) in [5.41, 5.74) is 8.70. The third kappa shape index (κ3) is 5.02. The van der Waals surface area contributed by atoms with Crippen molar-refractivity contribution in [3.63, 3.8) is 0 Å². The smallest absolute Gasteiger partial charge is 0.0308 e. The normalized spacial score (nSPS) is 14.9. The number of benzene rings is 2. The SMILES string of the molecule is CC(Cl)CCCc1ccc2c(c1)Cc1cc(CCCC(C)Cl)ccc1-2. The van der Waals surface area contributed by atoms with E-state index in [1.54, 1.807) is 0 Å². The van der Waals surface area contributed by atoms with Gasteiger partial charge in [-0.25, -0.2) is 0 Å². The number of rotatable bonds is 8. The topological polar surface area (TPSA) is 0 Å². The summed E-state index contributed by atoms with van der Waals surface area (Å²) in [6, 6.07) is 14.0. The maximum atomic E-state index is 6.06. The summed E-state index contributed by atoms with van der Waals surface area (Å²) in [5.74, 6) is 0. The van der Waals surface area contributed by atoms with Crippen LogP contribution in [0.5, 0.6) is 0 Å². The van der Waals surface area contributed by atoms with Gasteiger partial charge in [-0.2, -0.15) is 0 Å². The maximum absolute atomic E-state index is 6.06. The van der Waals surface area contributed by atoms with Crippen LogP contribution in [0.15, 0.2) is 36.4 Å². The first kappa shape index (κ1) is 18.8. The van der Waals surface area contributed by atoms with E-state index >= 15 is 0 Å². The van der Waals surface area contributed by atoms with Gasteiger partial charge in [-0.15, -0.1) is 23.2 Å². The van der Waals surface area contributed by atoms with Crippen molar-refractivity contribution in [2.45, 2.75) is 69.5 Å². The van der Waals surface area contributed by atoms with Crippen LogP contribution in [-0.2, 0) is 19.3 Å². The Hall–Kier alpha value is -0.980. The standard InChI is InChI=1S/C23H28Cl2/c1-16(24)5-3-7-18-9-11-22-20(13-18)15-21-14-19(10-12-23(21)22)8-4-6-17(2)25/h9-14,16-17H,3-8,15H2,1-2H3. The minimum absolute atomic E-state index is 0.277. The molecule has 2 aromatic carbocycles. The quantitative estimate of drug-likeness (QED) is 0.367. The van der Waals surface area contributed by atoms with Gasteiger partial charge in [0.25, 0.3) is 0 Å². The Balaban J connectivity index is 1.66. The first-order valence-corrected chi connectivity index (χ1v) is 10.4. The molecule has 0 saturated carbocycles. The van der Waals surface area contributed by atoms with E-state index in [9.17, 15) is 0 Å². The average molecular weight is 375 g/mol. The van der Waals surface area contributed by atoms with Crippen LogP contribution >= 0.6 is 23.2 Å². The second-order valence-corrected chi connectivity index (χ2v) is 9.00. The molecule has 25 heavy (non-hydrogen) atoms. The minimum Gasteiger partial charge on any atom is -0.123 e. The van der Waals surface area contributed by atoms with Gasteiger partial charge >= 0.3 is 0 Å². The Morgan fingerprint density at radius 3 is 1.60 bits per heavy atom. The van der Waals surface area contributed by atoms with E-state index < -0.39 is 0 Å². The average Bonchev–Trinajstić information content (AvgIpc) is 2.91. The zero-order valence-electron chi connectivity index (χ0n) is 15.3. The van der Waals surface area contributed by atoms with E-state index in [0.717, 1.165) is 32.1 Å². The highest BCUT2D eigenvalue weighted by Crippen LogP contribution is 2.37. The lowest BCUT2D eigenvalue weighted by Gasteiger charge is -2.07. The highest BCUT2D eigenvalue weighted by atomic mass is 35.5. The number of fused-ring (bicyclic) bond motifs is 3. The third-order valence-electron chi connectivity index (χ3n) is 5.15. The van der Waals surface area contributed by atoms with Crippen LogP contribution in [0.2, 0.25) is 0 Å². The molecule has 0 radical (unpaired) electrons. The first-order chi connectivity index (χ1) is 12.0. The molecule has 2 unspecified atom stereocenters. The molecule has 0 N–H and O–H groups in total. The highest BCUT2D eigenvalue weighted by molar-refractivity contribution is 6.20. The van der Waals surface area contributed by atoms with Gasteiger partial charge in [0.1, 0.15) is 0 Å². The molecule has 0 nitrogen and oxygen atoms in total. The lowest BCUT2D eigenvalue weighted by molar-refractivity contribution is 0.723. The van der Waals surface area contributed by atoms with E-state index in [1.807, 2.05) is 0 Å². The summed E-state index contributed by atoms with van der Waals surface area (Å²) >= 11 is 12.1. The Morgan fingerprint density at radius 2 is 1.20 bits per heavy atom. The summed E-state index contributed by atoms with van der Waals surface area (Å²) in [6.07, 6.45) is 7.83. The lowest BCUT2D eigenvalue weighted by Crippen LogP contribution is -1.94. The molecule has 2 heteroatoms. The van der Waals surface area contributed by atoms with Crippen molar-refractivity contribution in [2.24, 2.45) is 0 Å². The molecule has 2 atom stereocenters. The monoisotopic (exact) mass is 374 g/mol. The lowest BCUT2D eigenvalue weighted by atomic mass is 9.99. The molecule has 134 valence electrons. The van der Waals surface area contributed by atoms with Gasteiger partial charge in [-0.05, 0) is 92.2 Å². The molecule has 2 aromatic rings. The van der Waals surface area contributed by atoms with Crippen LogP contribution < -0.4 is 0 Å². The summed E-state index contributed by atoms with van der Waals surface area (Å²) in [7, 11) is 0. The molecular weight excluding hydrogens is 347 g/mol. The minimum atomic E-state index is 0.277. The van der Waals surface area contributed by atoms with Crippen molar-refractivity contribution in [3.05, 3.63) is 58.7 Å². The highest BCUT2D eigenvalue weighted by Gasteiger charge is 2.18. The van der Waals surface area contributed by atoms with Crippen molar-refractivity contribution in [3.8, 4) is 11.1 Å². The van der Waals surface area contributed by atoms with E-state index in [2.05, 4.69) is 50.2 Å². The fourth-order valence-electron chi connectivity index (χ4n) is 3.80. The molecule has 1 aliphatic carbocycles. The van der Waals surface area contributed by atoms with Crippen LogP contribution in [0.25, 0.3) is 11.1 Å². The molecule has 0 saturated heterocycles. The molecule has 3 rings (SSSR count). The fraction of sp³-hybridized carbons (Fsp3) is 0.478. The van der Waals surface area contributed by atoms with Gasteiger partial charge in [0.05, 0.1) is 0 Å². The Labute approximate surface area is 162 Å². The number of hydrogen-bond acceptors (Lipinski definition) is 0. The van der Waals surface area contributed by atoms with Crippen molar-refractivity contribution >= 4 is 23.2 Å². The zero-order valence-corrected chi connectivity index (χ0v) is 16.8. The van der Waals surface area contributed by atoms with Crippen LogP contribution in [-0.4, -0.2) is 10.8 Å². The molecule has 1 aliphatic rings. The van der Waals surface area contributed by atoms with Crippen LogP contribution in [0, 0.1) is 0 Å². The van der Waals surface area contributed by atoms with Crippen LogP contribution in [0.4, 0.5) is 0 Å². The maximum Gasteiger partial charge on any atom is 0.0308 e. The summed E-state index contributed by atoms with van der Waals surface area (Å²) in [6.45, 7) is 4.15. The Bertz CT molecular complexity index is 655. The third-order valence-corrected chi connectivity index (χ3v) is 5.58. The predicted octanol–water partition coefficient (Wildman–Crippen LogP) is 7.16. The molecule has 0 fully saturated rings. The number of hydrogen-bond donors (Lipinski definition) is 0. The Morgan fingerprint density at radius 1 is 0.760 bits per heavy atom. The predicted molar refractivity (Wildman–Crippen MR) is 111 cm³/mol. The number of halogens is 2. The second-order valence-electron chi connectivity index (χ2n) is 7.51. The molecule has 0 bridgehead atoms. The van der Waals surface area contributed by atoms with Crippen LogP contribution in [0.1, 0.15) is 61.8 Å². The molecule has 0 heterocycles.